The summed E-state index contributed by atoms with van der Waals surface area (Å²) < 4.78 is 13.6. The van der Waals surface area contributed by atoms with Gasteiger partial charge in [-0.25, -0.2) is 4.39 Å². The van der Waals surface area contributed by atoms with Gasteiger partial charge in [-0.05, 0) is 56.6 Å². The number of piperidine rings is 1. The van der Waals surface area contributed by atoms with Gasteiger partial charge >= 0.3 is 0 Å². The van der Waals surface area contributed by atoms with Crippen LogP contribution in [0.5, 0.6) is 0 Å². The van der Waals surface area contributed by atoms with E-state index in [1.165, 1.54) is 18.2 Å². The molecule has 20 heavy (non-hydrogen) atoms. The van der Waals surface area contributed by atoms with Crippen molar-refractivity contribution in [1.82, 2.24) is 10.2 Å². The molecule has 0 spiro atoms. The molecule has 1 aromatic carbocycles. The maximum absolute atomic E-state index is 13.6. The van der Waals surface area contributed by atoms with Crippen LogP contribution in [0.15, 0.2) is 18.2 Å². The van der Waals surface area contributed by atoms with Crippen molar-refractivity contribution in [2.45, 2.75) is 19.8 Å². The molecule has 1 N–H and O–H groups in total. The summed E-state index contributed by atoms with van der Waals surface area (Å²) in [5, 5.41) is 3.20. The predicted octanol–water partition coefficient (Wildman–Crippen LogP) is 2.94. The Morgan fingerprint density at radius 2 is 2.10 bits per heavy atom. The van der Waals surface area contributed by atoms with E-state index in [0.717, 1.165) is 25.9 Å². The SMILES string of the molecule is CN1CCC(C)(CNC(=O)c2cc(Cl)ccc2F)CC1. The summed E-state index contributed by atoms with van der Waals surface area (Å²) in [7, 11) is 2.10. The number of halogens is 2. The average molecular weight is 299 g/mol. The highest BCUT2D eigenvalue weighted by molar-refractivity contribution is 6.30. The Labute approximate surface area is 124 Å². The van der Waals surface area contributed by atoms with E-state index in [2.05, 4.69) is 24.2 Å². The van der Waals surface area contributed by atoms with Gasteiger partial charge in [-0.2, -0.15) is 0 Å². The molecule has 1 heterocycles. The van der Waals surface area contributed by atoms with Gasteiger partial charge in [0, 0.05) is 11.6 Å². The molecule has 2 rings (SSSR count). The van der Waals surface area contributed by atoms with Crippen LogP contribution >= 0.6 is 11.6 Å². The number of carbonyl (C=O) groups is 1. The number of rotatable bonds is 3. The standard InChI is InChI=1S/C15H20ClFN2O/c1-15(5-7-19(2)8-6-15)10-18-14(20)12-9-11(16)3-4-13(12)17/h3-4,9H,5-8,10H2,1-2H3,(H,18,20). The first-order valence-electron chi connectivity index (χ1n) is 6.81. The van der Waals surface area contributed by atoms with E-state index < -0.39 is 11.7 Å². The van der Waals surface area contributed by atoms with Crippen molar-refractivity contribution in [2.24, 2.45) is 5.41 Å². The summed E-state index contributed by atoms with van der Waals surface area (Å²) in [6.45, 7) is 4.77. The van der Waals surface area contributed by atoms with E-state index in [-0.39, 0.29) is 11.0 Å². The number of carbonyl (C=O) groups excluding carboxylic acids is 1. The smallest absolute Gasteiger partial charge is 0.254 e. The molecular formula is C15H20ClFN2O. The molecule has 1 amide bonds. The third-order valence-corrected chi connectivity index (χ3v) is 4.28. The van der Waals surface area contributed by atoms with E-state index in [0.29, 0.717) is 11.6 Å². The average Bonchev–Trinajstić information content (AvgIpc) is 2.43. The molecule has 3 nitrogen and oxygen atoms in total. The molecule has 1 aliphatic heterocycles. The normalized spacial score (nSPS) is 18.8. The van der Waals surface area contributed by atoms with Crippen molar-refractivity contribution >= 4 is 17.5 Å². The van der Waals surface area contributed by atoms with Gasteiger partial charge in [-0.15, -0.1) is 0 Å². The maximum atomic E-state index is 13.6. The minimum atomic E-state index is -0.541. The fourth-order valence-electron chi connectivity index (χ4n) is 2.40. The molecule has 1 fully saturated rings. The van der Waals surface area contributed by atoms with E-state index in [4.69, 9.17) is 11.6 Å². The van der Waals surface area contributed by atoms with Gasteiger partial charge < -0.3 is 10.2 Å². The molecule has 1 saturated heterocycles. The van der Waals surface area contributed by atoms with Crippen molar-refractivity contribution in [3.8, 4) is 0 Å². The number of likely N-dealkylation sites (tertiary alicyclic amines) is 1. The molecule has 0 bridgehead atoms. The Hall–Kier alpha value is -1.13. The number of hydrogen-bond acceptors (Lipinski definition) is 2. The second kappa shape index (κ2) is 6.10. The van der Waals surface area contributed by atoms with E-state index in [9.17, 15) is 9.18 Å². The molecule has 1 aromatic rings. The first kappa shape index (κ1) is 15.3. The van der Waals surface area contributed by atoms with E-state index >= 15 is 0 Å². The summed E-state index contributed by atoms with van der Waals surface area (Å²) in [6.07, 6.45) is 2.06. The summed E-state index contributed by atoms with van der Waals surface area (Å²) in [5.74, 6) is -0.939. The van der Waals surface area contributed by atoms with Crippen LogP contribution in [0.3, 0.4) is 0 Å². The van der Waals surface area contributed by atoms with Crippen molar-refractivity contribution in [1.29, 1.82) is 0 Å². The van der Waals surface area contributed by atoms with Gasteiger partial charge in [-0.1, -0.05) is 18.5 Å². The highest BCUT2D eigenvalue weighted by Crippen LogP contribution is 2.29. The highest BCUT2D eigenvalue weighted by atomic mass is 35.5. The van der Waals surface area contributed by atoms with Crippen LogP contribution in [0.25, 0.3) is 0 Å². The van der Waals surface area contributed by atoms with Crippen LogP contribution in [0.2, 0.25) is 5.02 Å². The molecule has 0 saturated carbocycles. The van der Waals surface area contributed by atoms with E-state index in [1.807, 2.05) is 0 Å². The summed E-state index contributed by atoms with van der Waals surface area (Å²) >= 11 is 5.80. The predicted molar refractivity (Wildman–Crippen MR) is 78.6 cm³/mol. The highest BCUT2D eigenvalue weighted by Gasteiger charge is 2.29. The van der Waals surface area contributed by atoms with Crippen molar-refractivity contribution in [3.63, 3.8) is 0 Å². The summed E-state index contributed by atoms with van der Waals surface area (Å²) in [5.41, 5.74) is 0.0889. The van der Waals surface area contributed by atoms with Crippen LogP contribution in [0.1, 0.15) is 30.1 Å². The zero-order valence-electron chi connectivity index (χ0n) is 11.9. The van der Waals surface area contributed by atoms with Gasteiger partial charge in [0.2, 0.25) is 0 Å². The fourth-order valence-corrected chi connectivity index (χ4v) is 2.57. The van der Waals surface area contributed by atoms with Gasteiger partial charge in [0.05, 0.1) is 5.56 Å². The summed E-state index contributed by atoms with van der Waals surface area (Å²) in [6, 6.07) is 4.02. The van der Waals surface area contributed by atoms with Crippen LogP contribution in [0, 0.1) is 11.2 Å². The lowest BCUT2D eigenvalue weighted by Crippen LogP contribution is -2.43. The number of nitrogens with one attached hydrogen (secondary N) is 1. The largest absolute Gasteiger partial charge is 0.351 e. The second-order valence-corrected chi connectivity index (χ2v) is 6.36. The van der Waals surface area contributed by atoms with Crippen LogP contribution < -0.4 is 5.32 Å². The zero-order chi connectivity index (χ0) is 14.8. The van der Waals surface area contributed by atoms with Crippen molar-refractivity contribution in [2.75, 3.05) is 26.7 Å². The Bertz CT molecular complexity index is 499. The van der Waals surface area contributed by atoms with Crippen LogP contribution in [-0.4, -0.2) is 37.5 Å². The van der Waals surface area contributed by atoms with E-state index in [1.54, 1.807) is 0 Å². The minimum Gasteiger partial charge on any atom is -0.351 e. The Kier molecular flexibility index (Phi) is 4.66. The lowest BCUT2D eigenvalue weighted by atomic mass is 9.80. The molecule has 0 atom stereocenters. The molecular weight excluding hydrogens is 279 g/mol. The second-order valence-electron chi connectivity index (χ2n) is 5.92. The monoisotopic (exact) mass is 298 g/mol. The van der Waals surface area contributed by atoms with Gasteiger partial charge in [0.25, 0.3) is 5.91 Å². The third-order valence-electron chi connectivity index (χ3n) is 4.04. The lowest BCUT2D eigenvalue weighted by molar-refractivity contribution is 0.0887. The number of hydrogen-bond donors (Lipinski definition) is 1. The quantitative estimate of drug-likeness (QED) is 0.930. The zero-order valence-corrected chi connectivity index (χ0v) is 12.6. The van der Waals surface area contributed by atoms with Crippen LogP contribution in [0.4, 0.5) is 4.39 Å². The molecule has 5 heteroatoms. The Balaban J connectivity index is 1.97. The molecule has 0 aliphatic carbocycles. The van der Waals surface area contributed by atoms with Crippen molar-refractivity contribution in [3.05, 3.63) is 34.6 Å². The van der Waals surface area contributed by atoms with Gasteiger partial charge in [0.15, 0.2) is 0 Å². The van der Waals surface area contributed by atoms with Gasteiger partial charge in [0.1, 0.15) is 5.82 Å². The van der Waals surface area contributed by atoms with Gasteiger partial charge in [-0.3, -0.25) is 4.79 Å². The number of benzene rings is 1. The maximum Gasteiger partial charge on any atom is 0.254 e. The number of nitrogens with zero attached hydrogens (tertiary/aromatic N) is 1. The Morgan fingerprint density at radius 1 is 1.45 bits per heavy atom. The molecule has 1 aliphatic rings. The summed E-state index contributed by atoms with van der Waals surface area (Å²) in [4.78, 5) is 14.3. The molecule has 110 valence electrons. The van der Waals surface area contributed by atoms with Crippen molar-refractivity contribution < 1.29 is 9.18 Å². The molecule has 0 unspecified atom stereocenters. The number of amides is 1. The fraction of sp³-hybridized carbons (Fsp3) is 0.533. The molecule has 0 radical (unpaired) electrons. The first-order valence-corrected chi connectivity index (χ1v) is 7.19. The third kappa shape index (κ3) is 3.70. The molecule has 0 aromatic heterocycles. The van der Waals surface area contributed by atoms with Crippen LogP contribution in [-0.2, 0) is 0 Å². The Morgan fingerprint density at radius 3 is 2.75 bits per heavy atom. The first-order chi connectivity index (χ1) is 9.39. The topological polar surface area (TPSA) is 32.3 Å². The minimum absolute atomic E-state index is 0.00836. The lowest BCUT2D eigenvalue weighted by Gasteiger charge is -2.37.